The molecule has 0 amide bonds. The van der Waals surface area contributed by atoms with Crippen molar-refractivity contribution < 1.29 is 4.74 Å². The van der Waals surface area contributed by atoms with Crippen molar-refractivity contribution in [1.82, 2.24) is 19.5 Å². The zero-order valence-corrected chi connectivity index (χ0v) is 13.6. The highest BCUT2D eigenvalue weighted by Crippen LogP contribution is 2.34. The Labute approximate surface area is 136 Å². The number of anilines is 2. The number of hydrogen-bond donors (Lipinski definition) is 1. The van der Waals surface area contributed by atoms with E-state index in [1.165, 1.54) is 0 Å². The van der Waals surface area contributed by atoms with Gasteiger partial charge in [-0.3, -0.25) is 4.98 Å². The largest absolute Gasteiger partial charge is 0.492 e. The van der Waals surface area contributed by atoms with Gasteiger partial charge in [0.25, 0.3) is 0 Å². The minimum Gasteiger partial charge on any atom is -0.492 e. The van der Waals surface area contributed by atoms with Crippen molar-refractivity contribution in [2.24, 2.45) is 7.05 Å². The molecule has 1 N–H and O–H groups in total. The van der Waals surface area contributed by atoms with Crippen LogP contribution in [0.3, 0.4) is 0 Å². The van der Waals surface area contributed by atoms with Gasteiger partial charge >= 0.3 is 0 Å². The monoisotopic (exact) mass is 325 g/mol. The second-order valence-corrected chi connectivity index (χ2v) is 6.12. The molecule has 0 aliphatic rings. The summed E-state index contributed by atoms with van der Waals surface area (Å²) in [6.07, 6.45) is 5.27. The smallest absolute Gasteiger partial charge is 0.188 e. The number of thiazole rings is 1. The van der Waals surface area contributed by atoms with Gasteiger partial charge in [-0.2, -0.15) is 0 Å². The Morgan fingerprint density at radius 2 is 2.17 bits per heavy atom. The summed E-state index contributed by atoms with van der Waals surface area (Å²) >= 11 is 1.59. The number of rotatable bonds is 4. The molecule has 3 aromatic heterocycles. The molecular formula is C16H15N5OS. The van der Waals surface area contributed by atoms with Gasteiger partial charge < -0.3 is 14.6 Å². The number of aryl methyl sites for hydroxylation is 1. The Kier molecular flexibility index (Phi) is 3.34. The van der Waals surface area contributed by atoms with Crippen molar-refractivity contribution in [1.29, 1.82) is 0 Å². The first kappa shape index (κ1) is 14.0. The maximum absolute atomic E-state index is 5.62. The van der Waals surface area contributed by atoms with Gasteiger partial charge in [-0.25, -0.2) is 9.97 Å². The van der Waals surface area contributed by atoms with Crippen molar-refractivity contribution in [3.63, 3.8) is 0 Å². The van der Waals surface area contributed by atoms with Crippen LogP contribution in [0.15, 0.2) is 36.9 Å². The van der Waals surface area contributed by atoms with Crippen LogP contribution >= 0.6 is 11.3 Å². The lowest BCUT2D eigenvalue weighted by molar-refractivity contribution is 0.341. The van der Waals surface area contributed by atoms with Gasteiger partial charge in [-0.1, -0.05) is 11.3 Å². The van der Waals surface area contributed by atoms with Gasteiger partial charge in [0.1, 0.15) is 22.5 Å². The number of nitrogens with one attached hydrogen (secondary N) is 1. The van der Waals surface area contributed by atoms with Crippen molar-refractivity contribution in [3.05, 3.63) is 36.9 Å². The van der Waals surface area contributed by atoms with Gasteiger partial charge in [0, 0.05) is 19.3 Å². The third-order valence-corrected chi connectivity index (χ3v) is 4.51. The minimum absolute atomic E-state index is 0.604. The van der Waals surface area contributed by atoms with E-state index in [2.05, 4.69) is 27.4 Å². The van der Waals surface area contributed by atoms with Crippen molar-refractivity contribution in [3.8, 4) is 5.75 Å². The standard InChI is InChI=1S/C16H15N5OS/c1-3-22-12-6-7-17-8-10(12)19-16-20-15-13(23-16)5-4-11-14(15)18-9-21(11)2/h4-9H,3H2,1-2H3,(H,19,20). The lowest BCUT2D eigenvalue weighted by Gasteiger charge is -2.09. The normalized spacial score (nSPS) is 11.2. The van der Waals surface area contributed by atoms with Crippen LogP contribution in [0.25, 0.3) is 21.3 Å². The van der Waals surface area contributed by atoms with E-state index in [1.807, 2.05) is 30.9 Å². The Balaban J connectivity index is 1.77. The molecule has 0 aliphatic heterocycles. The van der Waals surface area contributed by atoms with E-state index in [1.54, 1.807) is 23.7 Å². The molecule has 0 saturated carbocycles. The molecule has 0 bridgehead atoms. The summed E-state index contributed by atoms with van der Waals surface area (Å²) in [6, 6.07) is 5.99. The molecular weight excluding hydrogens is 310 g/mol. The van der Waals surface area contributed by atoms with Crippen LogP contribution in [-0.4, -0.2) is 26.1 Å². The van der Waals surface area contributed by atoms with E-state index in [0.29, 0.717) is 6.61 Å². The van der Waals surface area contributed by atoms with Crippen molar-refractivity contribution >= 4 is 43.4 Å². The van der Waals surface area contributed by atoms with E-state index in [-0.39, 0.29) is 0 Å². The molecule has 0 spiro atoms. The van der Waals surface area contributed by atoms with Crippen LogP contribution in [0.1, 0.15) is 6.92 Å². The Hall–Kier alpha value is -2.67. The van der Waals surface area contributed by atoms with E-state index in [0.717, 1.165) is 37.8 Å². The van der Waals surface area contributed by atoms with Gasteiger partial charge in [0.15, 0.2) is 5.13 Å². The average Bonchev–Trinajstić information content (AvgIpc) is 3.13. The third kappa shape index (κ3) is 2.39. The predicted molar refractivity (Wildman–Crippen MR) is 92.6 cm³/mol. The Bertz CT molecular complexity index is 991. The Morgan fingerprint density at radius 3 is 3.04 bits per heavy atom. The molecule has 0 radical (unpaired) electrons. The number of benzene rings is 1. The topological polar surface area (TPSA) is 64.9 Å². The quantitative estimate of drug-likeness (QED) is 0.619. The Morgan fingerprint density at radius 1 is 1.26 bits per heavy atom. The molecule has 0 saturated heterocycles. The van der Waals surface area contributed by atoms with E-state index in [9.17, 15) is 0 Å². The maximum atomic E-state index is 5.62. The first-order valence-corrected chi connectivity index (χ1v) is 8.12. The molecule has 23 heavy (non-hydrogen) atoms. The summed E-state index contributed by atoms with van der Waals surface area (Å²) < 4.78 is 8.71. The number of aromatic nitrogens is 4. The number of fused-ring (bicyclic) bond motifs is 3. The molecule has 0 fully saturated rings. The van der Waals surface area contributed by atoms with Gasteiger partial charge in [-0.15, -0.1) is 0 Å². The number of imidazole rings is 1. The van der Waals surface area contributed by atoms with Gasteiger partial charge in [0.2, 0.25) is 0 Å². The second kappa shape index (κ2) is 5.51. The molecule has 6 nitrogen and oxygen atoms in total. The van der Waals surface area contributed by atoms with Gasteiger partial charge in [0.05, 0.1) is 29.3 Å². The number of hydrogen-bond acceptors (Lipinski definition) is 6. The van der Waals surface area contributed by atoms with Crippen LogP contribution in [0.4, 0.5) is 10.8 Å². The molecule has 3 heterocycles. The van der Waals surface area contributed by atoms with Crippen LogP contribution in [-0.2, 0) is 7.05 Å². The third-order valence-electron chi connectivity index (χ3n) is 3.58. The SMILES string of the molecule is CCOc1ccncc1Nc1nc2c(ccc3c2ncn3C)s1. The summed E-state index contributed by atoms with van der Waals surface area (Å²) in [7, 11) is 1.98. The second-order valence-electron chi connectivity index (χ2n) is 5.08. The van der Waals surface area contributed by atoms with Gasteiger partial charge in [-0.05, 0) is 19.1 Å². The zero-order chi connectivity index (χ0) is 15.8. The molecule has 0 unspecified atom stereocenters. The van der Waals surface area contributed by atoms with E-state index < -0.39 is 0 Å². The molecule has 7 heteroatoms. The highest BCUT2D eigenvalue weighted by Gasteiger charge is 2.12. The fourth-order valence-electron chi connectivity index (χ4n) is 2.51. The molecule has 0 aliphatic carbocycles. The molecule has 116 valence electrons. The van der Waals surface area contributed by atoms with E-state index in [4.69, 9.17) is 9.72 Å². The maximum Gasteiger partial charge on any atom is 0.188 e. The molecule has 1 aromatic carbocycles. The summed E-state index contributed by atoms with van der Waals surface area (Å²) in [5.41, 5.74) is 3.72. The van der Waals surface area contributed by atoms with E-state index >= 15 is 0 Å². The summed E-state index contributed by atoms with van der Waals surface area (Å²) in [6.45, 7) is 2.56. The predicted octanol–water partition coefficient (Wildman–Crippen LogP) is 3.72. The summed E-state index contributed by atoms with van der Waals surface area (Å²) in [5.74, 6) is 0.768. The molecule has 4 rings (SSSR count). The number of ether oxygens (including phenoxy) is 1. The van der Waals surface area contributed by atoms with Crippen molar-refractivity contribution in [2.45, 2.75) is 6.92 Å². The van der Waals surface area contributed by atoms with Crippen LogP contribution < -0.4 is 10.1 Å². The highest BCUT2D eigenvalue weighted by molar-refractivity contribution is 7.22. The zero-order valence-electron chi connectivity index (χ0n) is 12.8. The number of nitrogens with zero attached hydrogens (tertiary/aromatic N) is 4. The summed E-state index contributed by atoms with van der Waals surface area (Å²) in [4.78, 5) is 13.3. The van der Waals surface area contributed by atoms with Crippen molar-refractivity contribution in [2.75, 3.05) is 11.9 Å². The fourth-order valence-corrected chi connectivity index (χ4v) is 3.39. The first-order valence-electron chi connectivity index (χ1n) is 7.30. The lowest BCUT2D eigenvalue weighted by Crippen LogP contribution is -1.98. The first-order chi connectivity index (χ1) is 11.3. The highest BCUT2D eigenvalue weighted by atomic mass is 32.1. The molecule has 0 atom stereocenters. The average molecular weight is 325 g/mol. The van der Waals surface area contributed by atoms with Crippen LogP contribution in [0.5, 0.6) is 5.75 Å². The lowest BCUT2D eigenvalue weighted by atomic mass is 10.3. The van der Waals surface area contributed by atoms with Crippen LogP contribution in [0, 0.1) is 0 Å². The number of pyridine rings is 1. The molecule has 4 aromatic rings. The minimum atomic E-state index is 0.604. The van der Waals surface area contributed by atoms with Crippen LogP contribution in [0.2, 0.25) is 0 Å². The summed E-state index contributed by atoms with van der Waals surface area (Å²) in [5, 5.41) is 4.10. The fraction of sp³-hybridized carbons (Fsp3) is 0.188.